The van der Waals surface area contributed by atoms with Crippen LogP contribution in [0.1, 0.15) is 82.9 Å². The van der Waals surface area contributed by atoms with E-state index in [9.17, 15) is 27.6 Å². The van der Waals surface area contributed by atoms with Gasteiger partial charge in [-0.2, -0.15) is 17.2 Å². The summed E-state index contributed by atoms with van der Waals surface area (Å²) in [4.78, 5) is 55.9. The van der Waals surface area contributed by atoms with Crippen molar-refractivity contribution in [3.8, 4) is 22.3 Å². The molecule has 2 aliphatic heterocycles. The van der Waals surface area contributed by atoms with Gasteiger partial charge in [0.15, 0.2) is 0 Å². The highest BCUT2D eigenvalue weighted by Gasteiger charge is 2.45. The van der Waals surface area contributed by atoms with Crippen molar-refractivity contribution in [3.05, 3.63) is 77.5 Å². The van der Waals surface area contributed by atoms with Crippen LogP contribution in [-0.4, -0.2) is 99.1 Å². The molecule has 0 radical (unpaired) electrons. The Morgan fingerprint density at radius 1 is 0.939 bits per heavy atom. The molecular formula is C46H56F2N8O8S2. The zero-order valence-corrected chi connectivity index (χ0v) is 39.3. The van der Waals surface area contributed by atoms with Crippen molar-refractivity contribution in [2.24, 2.45) is 27.0 Å². The molecule has 16 nitrogen and oxygen atoms in total. The molecule has 2 heterocycles. The molecular weight excluding hydrogens is 895 g/mol. The van der Waals surface area contributed by atoms with Gasteiger partial charge in [0.05, 0.1) is 37.8 Å². The number of rotatable bonds is 16. The largest absolute Gasteiger partial charge is 0.453 e. The molecule has 66 heavy (non-hydrogen) atoms. The number of halogens is 2. The van der Waals surface area contributed by atoms with Gasteiger partial charge in [0.25, 0.3) is 21.9 Å². The number of methoxy groups -OCH3 is 2. The summed E-state index contributed by atoms with van der Waals surface area (Å²) in [6.45, 7) is 8.00. The molecule has 4 amide bonds. The van der Waals surface area contributed by atoms with Crippen LogP contribution in [0.15, 0.2) is 75.1 Å². The first kappa shape index (κ1) is 49.4. The lowest BCUT2D eigenvalue weighted by Gasteiger charge is -2.29. The van der Waals surface area contributed by atoms with Gasteiger partial charge in [0.1, 0.15) is 22.8 Å². The van der Waals surface area contributed by atoms with Crippen molar-refractivity contribution in [2.45, 2.75) is 95.2 Å². The number of carbonyl (C=O) groups is 4. The third kappa shape index (κ3) is 10.8. The number of aliphatic imine (C=N–C) groups is 1. The second-order valence-electron chi connectivity index (χ2n) is 17.1. The Bertz CT molecular complexity index is 2570. The molecule has 5 N–H and O–H groups in total. The van der Waals surface area contributed by atoms with Crippen molar-refractivity contribution in [3.63, 3.8) is 0 Å². The van der Waals surface area contributed by atoms with Crippen LogP contribution in [-0.2, 0) is 35.0 Å². The highest BCUT2D eigenvalue weighted by atomic mass is 32.2. The number of amides is 4. The summed E-state index contributed by atoms with van der Waals surface area (Å²) in [5.41, 5.74) is 8.37. The average molecular weight is 951 g/mol. The molecule has 354 valence electrons. The maximum Gasteiger partial charge on any atom is 0.407 e. The fraction of sp³-hybridized carbons (Fsp3) is 0.435. The number of ether oxygens (including phenoxy) is 2. The average Bonchev–Trinajstić information content (AvgIpc) is 3.84. The molecule has 6 rings (SSSR count). The summed E-state index contributed by atoms with van der Waals surface area (Å²) >= 11 is 4.31. The van der Waals surface area contributed by atoms with Gasteiger partial charge in [0, 0.05) is 36.9 Å². The number of likely N-dealkylation sites (tertiary alicyclic amines) is 1. The summed E-state index contributed by atoms with van der Waals surface area (Å²) in [5, 5.41) is 8.25. The summed E-state index contributed by atoms with van der Waals surface area (Å²) in [7, 11) is -1.61. The van der Waals surface area contributed by atoms with E-state index in [2.05, 4.69) is 42.9 Å². The zero-order valence-electron chi connectivity index (χ0n) is 37.6. The number of nitrogens with two attached hydrogens (primary N) is 1. The summed E-state index contributed by atoms with van der Waals surface area (Å²) < 4.78 is 73.7. The van der Waals surface area contributed by atoms with Gasteiger partial charge in [-0.3, -0.25) is 18.9 Å². The van der Waals surface area contributed by atoms with E-state index in [1.165, 1.54) is 42.9 Å². The lowest BCUT2D eigenvalue weighted by atomic mass is 9.98. The number of hydrogen-bond donors (Lipinski definition) is 5. The van der Waals surface area contributed by atoms with Gasteiger partial charge in [-0.15, -0.1) is 4.40 Å². The minimum atomic E-state index is -4.05. The SMILES string of the molecule is COC(=O)N[C@H](C(=O)N(S)CCCCCC1=NS(=O)(=O)c2ccc(-c3ccc4c(c3)C(F)(F)c3cc(/C(N)=C/N=C[C@@H]5CCCN5C(=O)[C@@H](NC(=O)OC)C(C)C)ccc3-4)cc2N1)C(C)C. The van der Waals surface area contributed by atoms with E-state index in [0.717, 1.165) is 6.42 Å². The van der Waals surface area contributed by atoms with Gasteiger partial charge >= 0.3 is 12.2 Å². The Morgan fingerprint density at radius 3 is 2.23 bits per heavy atom. The first-order valence-corrected chi connectivity index (χ1v) is 23.5. The molecule has 20 heteroatoms. The van der Waals surface area contributed by atoms with E-state index in [4.69, 9.17) is 10.5 Å². The van der Waals surface area contributed by atoms with E-state index >= 15 is 8.78 Å². The van der Waals surface area contributed by atoms with E-state index in [-0.39, 0.29) is 75.9 Å². The predicted octanol–water partition coefficient (Wildman–Crippen LogP) is 7.30. The van der Waals surface area contributed by atoms with Crippen LogP contribution in [0.25, 0.3) is 28.0 Å². The number of fused-ring (bicyclic) bond motifs is 4. The molecule has 3 aliphatic rings. The van der Waals surface area contributed by atoms with Crippen molar-refractivity contribution >= 4 is 70.3 Å². The quantitative estimate of drug-likeness (QED) is 0.0549. The lowest BCUT2D eigenvalue weighted by molar-refractivity contribution is -0.134. The molecule has 0 spiro atoms. The van der Waals surface area contributed by atoms with Crippen LogP contribution in [0.4, 0.5) is 24.1 Å². The Morgan fingerprint density at radius 2 is 1.56 bits per heavy atom. The Hall–Kier alpha value is -6.02. The molecule has 3 aromatic carbocycles. The summed E-state index contributed by atoms with van der Waals surface area (Å²) in [6, 6.07) is 12.0. The van der Waals surface area contributed by atoms with Crippen LogP contribution < -0.4 is 21.7 Å². The molecule has 1 saturated heterocycles. The van der Waals surface area contributed by atoms with Crippen molar-refractivity contribution in [1.82, 2.24) is 19.8 Å². The molecule has 3 aromatic rings. The first-order valence-electron chi connectivity index (χ1n) is 21.7. The molecule has 0 unspecified atom stereocenters. The van der Waals surface area contributed by atoms with Gasteiger partial charge in [-0.1, -0.05) is 77.3 Å². The number of carbonyl (C=O) groups excluding carboxylic acids is 4. The molecule has 0 saturated carbocycles. The maximum atomic E-state index is 16.4. The van der Waals surface area contributed by atoms with Gasteiger partial charge in [-0.05, 0) is 89.6 Å². The molecule has 1 fully saturated rings. The fourth-order valence-corrected chi connectivity index (χ4v) is 9.61. The van der Waals surface area contributed by atoms with Gasteiger partial charge in [-0.25, -0.2) is 9.59 Å². The monoisotopic (exact) mass is 950 g/mol. The Balaban J connectivity index is 1.10. The Kier molecular flexibility index (Phi) is 15.5. The third-order valence-corrected chi connectivity index (χ3v) is 13.6. The van der Waals surface area contributed by atoms with Crippen molar-refractivity contribution in [2.75, 3.05) is 32.6 Å². The zero-order chi connectivity index (χ0) is 48.1. The summed E-state index contributed by atoms with van der Waals surface area (Å²) in [6.07, 6.45) is 4.91. The van der Waals surface area contributed by atoms with Gasteiger partial charge in [0.2, 0.25) is 5.91 Å². The number of thiol groups is 1. The number of hydrogen-bond acceptors (Lipinski definition) is 12. The smallest absolute Gasteiger partial charge is 0.407 e. The van der Waals surface area contributed by atoms with Crippen LogP contribution in [0, 0.1) is 11.8 Å². The molecule has 0 bridgehead atoms. The van der Waals surface area contributed by atoms with E-state index in [0.29, 0.717) is 60.0 Å². The summed E-state index contributed by atoms with van der Waals surface area (Å²) in [5.74, 6) is -4.19. The normalized spacial score (nSPS) is 17.9. The second kappa shape index (κ2) is 20.7. The standard InChI is InChI=1S/C46H56F2N8O8S2/c1-26(2)40(52-44(59)63-5)42(57)55-19-10-11-31(55)24-50-25-36(49)30-14-17-33-32-16-13-28(21-34(32)46(47,48)35(33)22-30)29-15-18-38-37(23-29)51-39(54-66(38,61)62)12-8-7-9-20-56(65)43(58)41(27(3)4)53-45(60)64-6/h13-18,21-27,31,40-41,65H,7-12,19-20,49H2,1-6H3,(H,51,54)(H,52,59)(H,53,60)/b36-25-,50-24?/t31-,40-,41-/m0/s1. The van der Waals surface area contributed by atoms with Crippen LogP contribution in [0.3, 0.4) is 0 Å². The molecule has 1 aliphatic carbocycles. The number of nitrogens with zero attached hydrogens (tertiary/aromatic N) is 4. The second-order valence-corrected chi connectivity index (χ2v) is 19.1. The number of sulfonamides is 1. The van der Waals surface area contributed by atoms with E-state index in [1.54, 1.807) is 61.4 Å². The number of alkyl carbamates (subject to hydrolysis) is 2. The highest BCUT2D eigenvalue weighted by molar-refractivity contribution is 7.90. The fourth-order valence-electron chi connectivity index (χ4n) is 8.19. The van der Waals surface area contributed by atoms with Crippen molar-refractivity contribution in [1.29, 1.82) is 0 Å². The first-order chi connectivity index (χ1) is 31.3. The van der Waals surface area contributed by atoms with Crippen LogP contribution >= 0.6 is 12.8 Å². The van der Waals surface area contributed by atoms with Crippen molar-refractivity contribution < 1.29 is 45.9 Å². The number of alkyl halides is 2. The molecule has 3 atom stereocenters. The van der Waals surface area contributed by atoms with E-state index in [1.807, 2.05) is 13.8 Å². The number of unbranched alkanes of at least 4 members (excludes halogenated alkanes) is 2. The minimum Gasteiger partial charge on any atom is -0.453 e. The van der Waals surface area contributed by atoms with Crippen LogP contribution in [0.2, 0.25) is 0 Å². The molecule has 0 aromatic heterocycles. The number of amidine groups is 1. The van der Waals surface area contributed by atoms with Gasteiger partial charge < -0.3 is 36.1 Å². The minimum absolute atomic E-state index is 0.0392. The number of nitrogens with one attached hydrogen (secondary N) is 3. The maximum absolute atomic E-state index is 16.4. The third-order valence-electron chi connectivity index (χ3n) is 11.8. The lowest BCUT2D eigenvalue weighted by Crippen LogP contribution is -2.52. The van der Waals surface area contributed by atoms with Crippen LogP contribution in [0.5, 0.6) is 0 Å². The number of anilines is 1. The predicted molar refractivity (Wildman–Crippen MR) is 251 cm³/mol. The topological polar surface area (TPSA) is 214 Å². The van der Waals surface area contributed by atoms with E-state index < -0.39 is 40.2 Å². The Labute approximate surface area is 389 Å². The highest BCUT2D eigenvalue weighted by Crippen LogP contribution is 2.52. The number of benzene rings is 3.